The Bertz CT molecular complexity index is 630. The minimum absolute atomic E-state index is 0.100. The lowest BCUT2D eigenvalue weighted by atomic mass is 9.98. The zero-order chi connectivity index (χ0) is 16.4. The third kappa shape index (κ3) is 4.25. The predicted molar refractivity (Wildman–Crippen MR) is 89.5 cm³/mol. The second-order valence-electron chi connectivity index (χ2n) is 6.22. The summed E-state index contributed by atoms with van der Waals surface area (Å²) in [5, 5.41) is 26.8. The summed E-state index contributed by atoms with van der Waals surface area (Å²) in [6.07, 6.45) is 0. The van der Waals surface area contributed by atoms with Gasteiger partial charge < -0.3 is 10.4 Å². The standard InChI is InChI=1S/C14H20N4O2S2/c1-13(2,3)10-17-18-12(22-10)16-11(19)15-8-14(4,20)9-6-5-7-21-9/h5-7,20H,8H2,1-4H3,(H2,15,16,18,19). The molecule has 0 saturated carbocycles. The minimum atomic E-state index is -1.09. The van der Waals surface area contributed by atoms with Crippen molar-refractivity contribution in [2.45, 2.75) is 38.7 Å². The SMILES string of the molecule is CC(C)(C)c1nnc(NC(=O)NCC(C)(O)c2cccs2)s1. The molecular weight excluding hydrogens is 320 g/mol. The monoisotopic (exact) mass is 340 g/mol. The number of aliphatic hydroxyl groups is 1. The van der Waals surface area contributed by atoms with Gasteiger partial charge in [0.05, 0.1) is 6.54 Å². The molecule has 1 unspecified atom stereocenters. The van der Waals surface area contributed by atoms with Crippen molar-refractivity contribution in [2.24, 2.45) is 0 Å². The molecule has 0 aromatic carbocycles. The van der Waals surface area contributed by atoms with Crippen LogP contribution in [0, 0.1) is 0 Å². The van der Waals surface area contributed by atoms with Crippen molar-refractivity contribution in [3.63, 3.8) is 0 Å². The number of carbonyl (C=O) groups is 1. The smallest absolute Gasteiger partial charge is 0.321 e. The van der Waals surface area contributed by atoms with Crippen LogP contribution in [0.15, 0.2) is 17.5 Å². The first-order chi connectivity index (χ1) is 10.2. The summed E-state index contributed by atoms with van der Waals surface area (Å²) in [6, 6.07) is 3.29. The number of nitrogens with one attached hydrogen (secondary N) is 2. The molecular formula is C14H20N4O2S2. The largest absolute Gasteiger partial charge is 0.383 e. The van der Waals surface area contributed by atoms with Crippen LogP contribution in [-0.2, 0) is 11.0 Å². The van der Waals surface area contributed by atoms with Crippen LogP contribution in [-0.4, -0.2) is 27.9 Å². The van der Waals surface area contributed by atoms with Gasteiger partial charge in [-0.3, -0.25) is 5.32 Å². The highest BCUT2D eigenvalue weighted by Gasteiger charge is 2.25. The Kier molecular flexibility index (Phi) is 4.84. The van der Waals surface area contributed by atoms with Gasteiger partial charge in [0.25, 0.3) is 0 Å². The molecule has 22 heavy (non-hydrogen) atoms. The van der Waals surface area contributed by atoms with Gasteiger partial charge in [-0.2, -0.15) is 0 Å². The first-order valence-electron chi connectivity index (χ1n) is 6.84. The van der Waals surface area contributed by atoms with E-state index in [9.17, 15) is 9.90 Å². The summed E-state index contributed by atoms with van der Waals surface area (Å²) in [6.45, 7) is 7.90. The van der Waals surface area contributed by atoms with Crippen LogP contribution in [0.2, 0.25) is 0 Å². The average Bonchev–Trinajstić information content (AvgIpc) is 3.06. The molecule has 2 rings (SSSR count). The lowest BCUT2D eigenvalue weighted by Gasteiger charge is -2.22. The maximum Gasteiger partial charge on any atom is 0.321 e. The van der Waals surface area contributed by atoms with E-state index >= 15 is 0 Å². The Morgan fingerprint density at radius 1 is 1.32 bits per heavy atom. The topological polar surface area (TPSA) is 87.1 Å². The number of rotatable bonds is 4. The van der Waals surface area contributed by atoms with Gasteiger partial charge >= 0.3 is 6.03 Å². The first kappa shape index (κ1) is 16.9. The number of carbonyl (C=O) groups excluding carboxylic acids is 1. The number of aromatic nitrogens is 2. The van der Waals surface area contributed by atoms with E-state index < -0.39 is 11.6 Å². The highest BCUT2D eigenvalue weighted by Crippen LogP contribution is 2.28. The van der Waals surface area contributed by atoms with E-state index in [4.69, 9.17) is 0 Å². The molecule has 0 aliphatic heterocycles. The molecule has 2 aromatic rings. The van der Waals surface area contributed by atoms with E-state index in [0.717, 1.165) is 9.88 Å². The lowest BCUT2D eigenvalue weighted by Crippen LogP contribution is -2.40. The van der Waals surface area contributed by atoms with Crippen molar-refractivity contribution in [1.29, 1.82) is 0 Å². The Balaban J connectivity index is 1.90. The van der Waals surface area contributed by atoms with Crippen molar-refractivity contribution in [1.82, 2.24) is 15.5 Å². The molecule has 0 bridgehead atoms. The van der Waals surface area contributed by atoms with Gasteiger partial charge in [-0.25, -0.2) is 4.79 Å². The van der Waals surface area contributed by atoms with Gasteiger partial charge in [-0.05, 0) is 18.4 Å². The Hall–Kier alpha value is -1.51. The van der Waals surface area contributed by atoms with Crippen molar-refractivity contribution in [3.8, 4) is 0 Å². The molecule has 0 aliphatic carbocycles. The van der Waals surface area contributed by atoms with Gasteiger partial charge in [0.2, 0.25) is 5.13 Å². The van der Waals surface area contributed by atoms with E-state index in [0.29, 0.717) is 5.13 Å². The molecule has 0 spiro atoms. The highest BCUT2D eigenvalue weighted by molar-refractivity contribution is 7.15. The Morgan fingerprint density at radius 3 is 2.59 bits per heavy atom. The van der Waals surface area contributed by atoms with Gasteiger partial charge in [-0.15, -0.1) is 21.5 Å². The van der Waals surface area contributed by atoms with E-state index in [1.165, 1.54) is 22.7 Å². The van der Waals surface area contributed by atoms with Crippen LogP contribution in [0.3, 0.4) is 0 Å². The van der Waals surface area contributed by atoms with Crippen molar-refractivity contribution in [3.05, 3.63) is 27.4 Å². The van der Waals surface area contributed by atoms with Gasteiger partial charge in [-0.1, -0.05) is 38.2 Å². The van der Waals surface area contributed by atoms with E-state index in [-0.39, 0.29) is 12.0 Å². The summed E-state index contributed by atoms with van der Waals surface area (Å²) < 4.78 is 0. The number of hydrogen-bond acceptors (Lipinski definition) is 6. The molecule has 0 saturated heterocycles. The summed E-state index contributed by atoms with van der Waals surface area (Å²) >= 11 is 2.79. The second kappa shape index (κ2) is 6.31. The van der Waals surface area contributed by atoms with Gasteiger partial charge in [0.1, 0.15) is 10.6 Å². The molecule has 120 valence electrons. The Morgan fingerprint density at radius 2 is 2.05 bits per heavy atom. The van der Waals surface area contributed by atoms with Crippen LogP contribution in [0.4, 0.5) is 9.93 Å². The normalized spacial score (nSPS) is 14.4. The predicted octanol–water partition coefficient (Wildman–Crippen LogP) is 2.93. The molecule has 3 N–H and O–H groups in total. The second-order valence-corrected chi connectivity index (χ2v) is 8.15. The van der Waals surface area contributed by atoms with Crippen LogP contribution < -0.4 is 10.6 Å². The molecule has 2 heterocycles. The summed E-state index contributed by atoms with van der Waals surface area (Å²) in [5.74, 6) is 0. The fraction of sp³-hybridized carbons (Fsp3) is 0.500. The molecule has 8 heteroatoms. The maximum absolute atomic E-state index is 11.9. The van der Waals surface area contributed by atoms with Crippen molar-refractivity contribution in [2.75, 3.05) is 11.9 Å². The number of amides is 2. The number of hydrogen-bond donors (Lipinski definition) is 3. The zero-order valence-corrected chi connectivity index (χ0v) is 14.6. The molecule has 0 aliphatic rings. The summed E-state index contributed by atoms with van der Waals surface area (Å²) in [5.41, 5.74) is -1.19. The van der Waals surface area contributed by atoms with Crippen LogP contribution >= 0.6 is 22.7 Å². The number of nitrogens with zero attached hydrogens (tertiary/aromatic N) is 2. The van der Waals surface area contributed by atoms with Crippen LogP contribution in [0.25, 0.3) is 0 Å². The van der Waals surface area contributed by atoms with Gasteiger partial charge in [0.15, 0.2) is 0 Å². The van der Waals surface area contributed by atoms with Crippen molar-refractivity contribution < 1.29 is 9.90 Å². The minimum Gasteiger partial charge on any atom is -0.383 e. The fourth-order valence-electron chi connectivity index (χ4n) is 1.64. The molecule has 0 fully saturated rings. The molecule has 0 radical (unpaired) electrons. The Labute approximate surface area is 137 Å². The summed E-state index contributed by atoms with van der Waals surface area (Å²) in [4.78, 5) is 12.7. The first-order valence-corrected chi connectivity index (χ1v) is 8.53. The molecule has 2 aromatic heterocycles. The lowest BCUT2D eigenvalue weighted by molar-refractivity contribution is 0.0637. The molecule has 2 amide bonds. The average molecular weight is 340 g/mol. The zero-order valence-electron chi connectivity index (χ0n) is 13.0. The fourth-order valence-corrected chi connectivity index (χ4v) is 3.23. The van der Waals surface area contributed by atoms with Crippen LogP contribution in [0.1, 0.15) is 37.6 Å². The number of thiophene rings is 1. The third-order valence-electron chi connectivity index (χ3n) is 2.93. The summed E-state index contributed by atoms with van der Waals surface area (Å²) in [7, 11) is 0. The maximum atomic E-state index is 11.9. The molecule has 1 atom stereocenters. The third-order valence-corrected chi connectivity index (χ3v) is 5.32. The van der Waals surface area contributed by atoms with E-state index in [1.54, 1.807) is 6.92 Å². The van der Waals surface area contributed by atoms with Gasteiger partial charge in [0, 0.05) is 10.3 Å². The van der Waals surface area contributed by atoms with E-state index in [2.05, 4.69) is 20.8 Å². The van der Waals surface area contributed by atoms with Crippen LogP contribution in [0.5, 0.6) is 0 Å². The van der Waals surface area contributed by atoms with E-state index in [1.807, 2.05) is 38.3 Å². The number of urea groups is 1. The quantitative estimate of drug-likeness (QED) is 0.798. The molecule has 6 nitrogen and oxygen atoms in total. The highest BCUT2D eigenvalue weighted by atomic mass is 32.1. The number of anilines is 1. The van der Waals surface area contributed by atoms with Crippen molar-refractivity contribution >= 4 is 33.8 Å².